The second-order valence-corrected chi connectivity index (χ2v) is 22.5. The second kappa shape index (κ2) is 30.0. The van der Waals surface area contributed by atoms with E-state index in [4.69, 9.17) is 75.8 Å². The molecule has 0 radical (unpaired) electrons. The smallest absolute Gasteiger partial charge is 0.187 e. The number of hydrogen-bond donors (Lipinski definition) is 24. The van der Waals surface area contributed by atoms with Crippen LogP contribution in [0, 0.1) is 0 Å². The minimum Gasteiger partial charge on any atom is -0.394 e. The summed E-state index contributed by atoms with van der Waals surface area (Å²) in [7, 11) is 0. The van der Waals surface area contributed by atoms with Gasteiger partial charge in [-0.3, -0.25) is 0 Å². The van der Waals surface area contributed by atoms with Crippen molar-refractivity contribution in [2.45, 2.75) is 246 Å². The zero-order valence-electron chi connectivity index (χ0n) is 46.0. The SMILES string of the molecule is OC[C@H]1O[C@@H](OC[C@H]2O[C@@H]3O[C@H]4[C@H](O)[C@@H](O)[C@@H](O[C@H]5[C@H](O)[C@@H](O)[C@@H](O[C@H]6[C@H](O)[C@@H](O)[C@@H](O[C@H]7[C@H](O)[C@@H](O)[C@@H](O[C@H]8[C@H](O)[C@@H](O)[C@@H](O[C@H]9[C@H](O)[C@@H](O)[C@@H](O[C@H]2[C@H](O)[C@H]3O)O[C@@H]9CO)O[C@@H]8CO)O[C@@H]7CO)O[C@@H]6CO)O[C@@H]5CO)O[C@@H]4CO)[C@H](O)[C@@H](O)[C@H]1O. The zero-order chi connectivity index (χ0) is 64.1. The van der Waals surface area contributed by atoms with Gasteiger partial charge in [0.05, 0.1) is 52.9 Å². The number of rotatable bonds is 10. The van der Waals surface area contributed by atoms with Gasteiger partial charge in [0.2, 0.25) is 0 Å². The lowest BCUT2D eigenvalue weighted by molar-refractivity contribution is -0.399. The van der Waals surface area contributed by atoms with Gasteiger partial charge in [0.1, 0.15) is 195 Å². The Labute approximate surface area is 496 Å². The number of hydrogen-bond acceptors (Lipinski definition) is 40. The van der Waals surface area contributed by atoms with Gasteiger partial charge in [-0.1, -0.05) is 0 Å². The largest absolute Gasteiger partial charge is 0.394 e. The molecule has 22 fully saturated rings. The van der Waals surface area contributed by atoms with Gasteiger partial charge in [-0.05, 0) is 0 Å². The van der Waals surface area contributed by atoms with Crippen molar-refractivity contribution in [3.05, 3.63) is 0 Å². The summed E-state index contributed by atoms with van der Waals surface area (Å²) in [6.07, 6.45) is -82.6. The van der Waals surface area contributed by atoms with E-state index < -0.39 is 299 Å². The van der Waals surface area contributed by atoms with Crippen LogP contribution >= 0.6 is 0 Å². The van der Waals surface area contributed by atoms with Crippen molar-refractivity contribution in [3.8, 4) is 0 Å². The Kier molecular flexibility index (Phi) is 24.1. The molecule has 40 atom stereocenters. The van der Waals surface area contributed by atoms with Gasteiger partial charge in [0, 0.05) is 0 Å². The van der Waals surface area contributed by atoms with E-state index in [1.807, 2.05) is 0 Å². The fourth-order valence-corrected chi connectivity index (χ4v) is 11.8. The van der Waals surface area contributed by atoms with E-state index in [0.717, 1.165) is 0 Å². The van der Waals surface area contributed by atoms with Crippen LogP contribution in [0.15, 0.2) is 0 Å². The normalized spacial score (nSPS) is 55.2. The molecule has 40 heteroatoms. The highest BCUT2D eigenvalue weighted by Crippen LogP contribution is 2.39. The lowest BCUT2D eigenvalue weighted by Crippen LogP contribution is -2.68. The first-order chi connectivity index (χ1) is 41.9. The molecule has 22 rings (SSSR count). The highest BCUT2D eigenvalue weighted by Gasteiger charge is 2.60. The first-order valence-electron chi connectivity index (χ1n) is 28.1. The van der Waals surface area contributed by atoms with Gasteiger partial charge in [-0.15, -0.1) is 0 Å². The maximum Gasteiger partial charge on any atom is 0.187 e. The van der Waals surface area contributed by atoms with Crippen LogP contribution in [0.25, 0.3) is 0 Å². The molecule has 0 aromatic rings. The monoisotopic (exact) mass is 1300 g/mol. The van der Waals surface area contributed by atoms with E-state index in [1.165, 1.54) is 0 Å². The van der Waals surface area contributed by atoms with Crippen molar-refractivity contribution in [2.75, 3.05) is 52.9 Å². The van der Waals surface area contributed by atoms with Gasteiger partial charge in [-0.2, -0.15) is 0 Å². The third kappa shape index (κ3) is 13.9. The number of ether oxygens (including phenoxy) is 16. The van der Waals surface area contributed by atoms with Crippen LogP contribution in [0.3, 0.4) is 0 Å². The number of aliphatic hydroxyl groups is 24. The van der Waals surface area contributed by atoms with Crippen molar-refractivity contribution < 1.29 is 198 Å². The van der Waals surface area contributed by atoms with Crippen molar-refractivity contribution in [3.63, 3.8) is 0 Å². The summed E-state index contributed by atoms with van der Waals surface area (Å²) >= 11 is 0. The molecule has 0 amide bonds. The number of aliphatic hydroxyl groups excluding tert-OH is 24. The van der Waals surface area contributed by atoms with Gasteiger partial charge < -0.3 is 198 Å². The van der Waals surface area contributed by atoms with Gasteiger partial charge >= 0.3 is 0 Å². The van der Waals surface area contributed by atoms with E-state index in [0.29, 0.717) is 0 Å². The lowest BCUT2D eigenvalue weighted by atomic mass is 9.95. The summed E-state index contributed by atoms with van der Waals surface area (Å²) in [6.45, 7) is -8.51. The highest BCUT2D eigenvalue weighted by molar-refractivity contribution is 5.02. The van der Waals surface area contributed by atoms with Crippen LogP contribution in [-0.4, -0.2) is 421 Å². The predicted molar refractivity (Wildman–Crippen MR) is 261 cm³/mol. The van der Waals surface area contributed by atoms with Crippen molar-refractivity contribution in [2.24, 2.45) is 0 Å². The van der Waals surface area contributed by atoms with Gasteiger partial charge in [0.25, 0.3) is 0 Å². The standard InChI is InChI=1S/C48H80O40/c49-1-9-17(56)18(57)26(65)41(74-9)73-8-16-40-25(64)33(72)48(81-16)87-39-15(7-55)79-46(31(70)23(39)62)85-37-13(5-53)77-44(29(68)21(37)60)83-35-11(3-51)75-42(27(66)19(35)58)82-34-10(2-50)76-43(28(67)20(34)59)84-36-12(4-52)78-45(30(69)22(36)61)86-38-14(6-54)80-47(88-40)32(71)24(38)63/h9-72H,1-8H2/t9-,10-,11-,12-,13-,14-,15-,16-,17+,18+,19-,20-,21-,22-,23-,24-,25-,26-,27-,28-,29-,30-,31-,32-,33-,34-,35-,36-,37-,38-,39-,40-,41-,42-,43-,44-,45-,46-,47-,48-/m1/s1. The third-order valence-electron chi connectivity index (χ3n) is 16.9. The van der Waals surface area contributed by atoms with Crippen LogP contribution in [0.1, 0.15) is 0 Å². The molecule has 14 bridgehead atoms. The highest BCUT2D eigenvalue weighted by atomic mass is 16.8. The molecular weight excluding hydrogens is 1220 g/mol. The van der Waals surface area contributed by atoms with Crippen molar-refractivity contribution >= 4 is 0 Å². The summed E-state index contributed by atoms with van der Waals surface area (Å²) in [5.74, 6) is 0. The Morgan fingerprint density at radius 2 is 0.375 bits per heavy atom. The molecule has 0 aromatic heterocycles. The minimum absolute atomic E-state index is 0.919. The Morgan fingerprint density at radius 3 is 0.580 bits per heavy atom. The van der Waals surface area contributed by atoms with Crippen molar-refractivity contribution in [1.82, 2.24) is 0 Å². The summed E-state index contributed by atoms with van der Waals surface area (Å²) in [5.41, 5.74) is 0. The average molecular weight is 1300 g/mol. The molecule has 40 nitrogen and oxygen atoms in total. The molecule has 0 aromatic carbocycles. The minimum atomic E-state index is -2.35. The molecule has 22 aliphatic rings. The maximum atomic E-state index is 11.8. The van der Waals surface area contributed by atoms with Crippen LogP contribution in [0.5, 0.6) is 0 Å². The van der Waals surface area contributed by atoms with Gasteiger partial charge in [0.15, 0.2) is 50.3 Å². The predicted octanol–water partition coefficient (Wildman–Crippen LogP) is -17.4. The zero-order valence-corrected chi connectivity index (χ0v) is 46.0. The lowest BCUT2D eigenvalue weighted by Gasteiger charge is -2.50. The van der Waals surface area contributed by atoms with Crippen LogP contribution in [0.2, 0.25) is 0 Å². The molecule has 88 heavy (non-hydrogen) atoms. The van der Waals surface area contributed by atoms with Crippen LogP contribution in [0.4, 0.5) is 0 Å². The molecule has 512 valence electrons. The molecule has 0 saturated carbocycles. The first kappa shape index (κ1) is 70.7. The topological polar surface area (TPSA) is 633 Å². The third-order valence-corrected chi connectivity index (χ3v) is 16.9. The Morgan fingerprint density at radius 1 is 0.182 bits per heavy atom. The van der Waals surface area contributed by atoms with Crippen LogP contribution in [-0.2, 0) is 75.8 Å². The second-order valence-electron chi connectivity index (χ2n) is 22.5. The molecule has 0 spiro atoms. The van der Waals surface area contributed by atoms with Crippen LogP contribution < -0.4 is 0 Å². The van der Waals surface area contributed by atoms with E-state index in [9.17, 15) is 123 Å². The summed E-state index contributed by atoms with van der Waals surface area (Å²) in [6, 6.07) is 0. The maximum absolute atomic E-state index is 11.8. The fraction of sp³-hybridized carbons (Fsp3) is 1.00. The molecule has 22 saturated heterocycles. The molecule has 0 unspecified atom stereocenters. The Bertz CT molecular complexity index is 2130. The first-order valence-corrected chi connectivity index (χ1v) is 28.1. The molecule has 22 aliphatic heterocycles. The summed E-state index contributed by atoms with van der Waals surface area (Å²) in [4.78, 5) is 0. The molecule has 24 N–H and O–H groups in total. The molecule has 22 heterocycles. The quantitative estimate of drug-likeness (QED) is 0.0966. The van der Waals surface area contributed by atoms with E-state index in [-0.39, 0.29) is 0 Å². The molecular formula is C48H80O40. The Balaban J connectivity index is 1.02. The fourth-order valence-electron chi connectivity index (χ4n) is 11.8. The van der Waals surface area contributed by atoms with Gasteiger partial charge in [-0.25, -0.2) is 0 Å². The van der Waals surface area contributed by atoms with E-state index in [2.05, 4.69) is 0 Å². The van der Waals surface area contributed by atoms with E-state index in [1.54, 1.807) is 0 Å². The summed E-state index contributed by atoms with van der Waals surface area (Å²) < 4.78 is 91.6. The van der Waals surface area contributed by atoms with E-state index >= 15 is 0 Å². The summed E-state index contributed by atoms with van der Waals surface area (Å²) in [5, 5.41) is 265. The Hall–Kier alpha value is -1.60. The van der Waals surface area contributed by atoms with Crippen molar-refractivity contribution in [1.29, 1.82) is 0 Å². The molecule has 0 aliphatic carbocycles. The average Bonchev–Trinajstić information content (AvgIpc) is 2.18.